The van der Waals surface area contributed by atoms with Crippen molar-refractivity contribution < 1.29 is 9.53 Å². The molecule has 76 valence electrons. The second-order valence-corrected chi connectivity index (χ2v) is 3.28. The molecule has 1 heterocycles. The number of pyridine rings is 1. The molecule has 0 unspecified atom stereocenters. The lowest BCUT2D eigenvalue weighted by Crippen LogP contribution is -2.05. The first-order valence-electron chi connectivity index (χ1n) is 4.70. The molecule has 3 nitrogen and oxygen atoms in total. The molecule has 0 aliphatic carbocycles. The summed E-state index contributed by atoms with van der Waals surface area (Å²) in [7, 11) is 1.38. The predicted molar refractivity (Wildman–Crippen MR) is 57.5 cm³/mol. The van der Waals surface area contributed by atoms with Crippen LogP contribution in [0.25, 0.3) is 10.8 Å². The number of methoxy groups -OCH3 is 1. The maximum atomic E-state index is 11.1. The van der Waals surface area contributed by atoms with Crippen LogP contribution < -0.4 is 0 Å². The Kier molecular flexibility index (Phi) is 2.63. The molecule has 0 N–H and O–H groups in total. The first kappa shape index (κ1) is 9.65. The third kappa shape index (κ3) is 2.13. The molecule has 0 radical (unpaired) electrons. The molecule has 0 spiro atoms. The van der Waals surface area contributed by atoms with E-state index < -0.39 is 0 Å². The normalized spacial score (nSPS) is 10.2. The summed E-state index contributed by atoms with van der Waals surface area (Å²) in [5.74, 6) is -0.266. The number of nitrogens with zero attached hydrogens (tertiary/aromatic N) is 1. The Labute approximate surface area is 87.7 Å². The number of ether oxygens (including phenoxy) is 1. The van der Waals surface area contributed by atoms with Crippen molar-refractivity contribution in [3.05, 3.63) is 42.2 Å². The number of hydrogen-bond donors (Lipinski definition) is 0. The largest absolute Gasteiger partial charge is 0.469 e. The standard InChI is InChI=1S/C12H11NO2/c1-15-12(14)7-11-6-9-4-2-3-5-10(9)8-13-11/h2-6,8H,7H2,1H3. The molecule has 2 rings (SSSR count). The second-order valence-electron chi connectivity index (χ2n) is 3.28. The Hall–Kier alpha value is -1.90. The van der Waals surface area contributed by atoms with Crippen LogP contribution in [0.1, 0.15) is 5.69 Å². The van der Waals surface area contributed by atoms with Gasteiger partial charge in [0.1, 0.15) is 0 Å². The maximum absolute atomic E-state index is 11.1. The second kappa shape index (κ2) is 4.09. The van der Waals surface area contributed by atoms with Crippen molar-refractivity contribution in [1.29, 1.82) is 0 Å². The van der Waals surface area contributed by atoms with Crippen LogP contribution in [0.4, 0.5) is 0 Å². The predicted octanol–water partition coefficient (Wildman–Crippen LogP) is 1.95. The van der Waals surface area contributed by atoms with Crippen molar-refractivity contribution in [3.63, 3.8) is 0 Å². The van der Waals surface area contributed by atoms with Crippen LogP contribution >= 0.6 is 0 Å². The molecule has 0 aliphatic heterocycles. The Bertz CT molecular complexity index is 494. The number of aromatic nitrogens is 1. The number of hydrogen-bond acceptors (Lipinski definition) is 3. The van der Waals surface area contributed by atoms with Gasteiger partial charge >= 0.3 is 5.97 Å². The van der Waals surface area contributed by atoms with E-state index in [9.17, 15) is 4.79 Å². The van der Waals surface area contributed by atoms with Gasteiger partial charge in [-0.15, -0.1) is 0 Å². The highest BCUT2D eigenvalue weighted by Gasteiger charge is 2.04. The van der Waals surface area contributed by atoms with E-state index in [1.54, 1.807) is 6.20 Å². The third-order valence-electron chi connectivity index (χ3n) is 2.24. The van der Waals surface area contributed by atoms with Gasteiger partial charge < -0.3 is 4.74 Å². The molecule has 1 aromatic carbocycles. The van der Waals surface area contributed by atoms with E-state index in [4.69, 9.17) is 0 Å². The van der Waals surface area contributed by atoms with Crippen LogP contribution in [-0.4, -0.2) is 18.1 Å². The molecule has 1 aromatic heterocycles. The van der Waals surface area contributed by atoms with Gasteiger partial charge in [-0.2, -0.15) is 0 Å². The Morgan fingerprint density at radius 2 is 2.07 bits per heavy atom. The van der Waals surface area contributed by atoms with Crippen molar-refractivity contribution in [2.45, 2.75) is 6.42 Å². The van der Waals surface area contributed by atoms with Gasteiger partial charge in [0.2, 0.25) is 0 Å². The number of carbonyl (C=O) groups excluding carboxylic acids is 1. The van der Waals surface area contributed by atoms with Crippen LogP contribution in [0.5, 0.6) is 0 Å². The summed E-state index contributed by atoms with van der Waals surface area (Å²) in [5.41, 5.74) is 0.737. The first-order chi connectivity index (χ1) is 7.29. The molecule has 0 bridgehead atoms. The zero-order valence-electron chi connectivity index (χ0n) is 8.43. The fraction of sp³-hybridized carbons (Fsp3) is 0.167. The highest BCUT2D eigenvalue weighted by molar-refractivity contribution is 5.82. The van der Waals surface area contributed by atoms with Gasteiger partial charge in [0, 0.05) is 11.6 Å². The van der Waals surface area contributed by atoms with Gasteiger partial charge in [-0.05, 0) is 11.5 Å². The third-order valence-corrected chi connectivity index (χ3v) is 2.24. The summed E-state index contributed by atoms with van der Waals surface area (Å²) < 4.78 is 4.59. The number of rotatable bonds is 2. The number of carbonyl (C=O) groups is 1. The smallest absolute Gasteiger partial charge is 0.311 e. The molecule has 0 amide bonds. The fourth-order valence-electron chi connectivity index (χ4n) is 1.45. The van der Waals surface area contributed by atoms with Crippen molar-refractivity contribution in [1.82, 2.24) is 4.98 Å². The average Bonchev–Trinajstić information content (AvgIpc) is 2.29. The molecule has 2 aromatic rings. The SMILES string of the molecule is COC(=O)Cc1cc2ccccc2cn1. The molecular formula is C12H11NO2. The van der Waals surface area contributed by atoms with E-state index >= 15 is 0 Å². The summed E-state index contributed by atoms with van der Waals surface area (Å²) >= 11 is 0. The van der Waals surface area contributed by atoms with Gasteiger partial charge in [-0.3, -0.25) is 9.78 Å². The van der Waals surface area contributed by atoms with Crippen molar-refractivity contribution in [2.24, 2.45) is 0 Å². The van der Waals surface area contributed by atoms with Crippen LogP contribution in [0.3, 0.4) is 0 Å². The van der Waals surface area contributed by atoms with Crippen LogP contribution in [0, 0.1) is 0 Å². The molecule has 0 saturated heterocycles. The molecular weight excluding hydrogens is 190 g/mol. The van der Waals surface area contributed by atoms with Crippen LogP contribution in [-0.2, 0) is 16.0 Å². The maximum Gasteiger partial charge on any atom is 0.311 e. The van der Waals surface area contributed by atoms with E-state index in [1.165, 1.54) is 7.11 Å². The lowest BCUT2D eigenvalue weighted by Gasteiger charge is -2.01. The van der Waals surface area contributed by atoms with Crippen molar-refractivity contribution in [2.75, 3.05) is 7.11 Å². The van der Waals surface area contributed by atoms with E-state index in [0.29, 0.717) is 0 Å². The summed E-state index contributed by atoms with van der Waals surface area (Å²) in [6.07, 6.45) is 1.99. The Balaban J connectivity index is 2.34. The average molecular weight is 201 g/mol. The fourth-order valence-corrected chi connectivity index (χ4v) is 1.45. The minimum atomic E-state index is -0.266. The molecule has 0 aliphatic rings. The van der Waals surface area contributed by atoms with Gasteiger partial charge in [0.15, 0.2) is 0 Å². The quantitative estimate of drug-likeness (QED) is 0.697. The molecule has 3 heteroatoms. The molecule has 0 atom stereocenters. The number of fused-ring (bicyclic) bond motifs is 1. The van der Waals surface area contributed by atoms with Crippen LogP contribution in [0.2, 0.25) is 0 Å². The topological polar surface area (TPSA) is 39.2 Å². The minimum absolute atomic E-state index is 0.224. The summed E-state index contributed by atoms with van der Waals surface area (Å²) in [6, 6.07) is 9.82. The van der Waals surface area contributed by atoms with Gasteiger partial charge in [0.05, 0.1) is 19.2 Å². The van der Waals surface area contributed by atoms with Crippen molar-refractivity contribution >= 4 is 16.7 Å². The zero-order chi connectivity index (χ0) is 10.7. The number of benzene rings is 1. The highest BCUT2D eigenvalue weighted by atomic mass is 16.5. The van der Waals surface area contributed by atoms with E-state index in [1.807, 2.05) is 30.3 Å². The van der Waals surface area contributed by atoms with Gasteiger partial charge in [-0.1, -0.05) is 24.3 Å². The zero-order valence-corrected chi connectivity index (χ0v) is 8.43. The highest BCUT2D eigenvalue weighted by Crippen LogP contribution is 2.13. The molecule has 0 saturated carbocycles. The minimum Gasteiger partial charge on any atom is -0.469 e. The lowest BCUT2D eigenvalue weighted by atomic mass is 10.1. The first-order valence-corrected chi connectivity index (χ1v) is 4.70. The lowest BCUT2D eigenvalue weighted by molar-refractivity contribution is -0.139. The Morgan fingerprint density at radius 3 is 2.80 bits per heavy atom. The van der Waals surface area contributed by atoms with E-state index in [0.717, 1.165) is 16.5 Å². The van der Waals surface area contributed by atoms with Gasteiger partial charge in [0.25, 0.3) is 0 Å². The number of esters is 1. The monoisotopic (exact) mass is 201 g/mol. The summed E-state index contributed by atoms with van der Waals surface area (Å²) in [6.45, 7) is 0. The van der Waals surface area contributed by atoms with Crippen LogP contribution in [0.15, 0.2) is 36.5 Å². The summed E-state index contributed by atoms with van der Waals surface area (Å²) in [4.78, 5) is 15.2. The molecule has 15 heavy (non-hydrogen) atoms. The summed E-state index contributed by atoms with van der Waals surface area (Å²) in [5, 5.41) is 2.16. The van der Waals surface area contributed by atoms with E-state index in [2.05, 4.69) is 9.72 Å². The van der Waals surface area contributed by atoms with Gasteiger partial charge in [-0.25, -0.2) is 0 Å². The van der Waals surface area contributed by atoms with Crippen molar-refractivity contribution in [3.8, 4) is 0 Å². The Morgan fingerprint density at radius 1 is 1.33 bits per heavy atom. The molecule has 0 fully saturated rings. The van der Waals surface area contributed by atoms with E-state index in [-0.39, 0.29) is 12.4 Å².